The van der Waals surface area contributed by atoms with Crippen molar-refractivity contribution in [1.82, 2.24) is 0 Å². The van der Waals surface area contributed by atoms with E-state index in [1.54, 1.807) is 12.2 Å². The largest absolute Gasteiger partial charge is 0.366 e. The monoisotopic (exact) mass is 269 g/mol. The lowest BCUT2D eigenvalue weighted by atomic mass is 9.88. The molecule has 0 aliphatic heterocycles. The number of rotatable bonds is 8. The van der Waals surface area contributed by atoms with Crippen molar-refractivity contribution in [2.24, 2.45) is 5.73 Å². The maximum absolute atomic E-state index is 11.3. The lowest BCUT2D eigenvalue weighted by Gasteiger charge is -2.43. The molecule has 1 amide bonds. The number of likely N-dealkylation sites (N-methyl/N-ethyl adjacent to an activating group) is 1. The molecule has 0 rings (SSSR count). The first-order chi connectivity index (χ1) is 8.17. The van der Waals surface area contributed by atoms with Crippen molar-refractivity contribution in [3.05, 3.63) is 50.1 Å². The van der Waals surface area contributed by atoms with E-state index in [0.717, 1.165) is 0 Å². The third kappa shape index (κ3) is 3.12. The number of nitrogens with zero attached hydrogens (tertiary/aromatic N) is 1. The summed E-state index contributed by atoms with van der Waals surface area (Å²) in [5.41, 5.74) is 5.39. The molecule has 2 N–H and O–H groups in total. The third-order valence-corrected chi connectivity index (χ3v) is 3.67. The quantitative estimate of drug-likeness (QED) is 0.311. The highest BCUT2D eigenvalue weighted by Gasteiger charge is 2.46. The Morgan fingerprint density at radius 3 is 2.22 bits per heavy atom. The smallest absolute Gasteiger partial charge is 0.246 e. The number of nitrogens with two attached hydrogens (primary N) is 1. The van der Waals surface area contributed by atoms with Gasteiger partial charge < -0.3 is 10.2 Å². The van der Waals surface area contributed by atoms with Crippen LogP contribution in [0.4, 0.5) is 0 Å². The molecule has 0 saturated heterocycles. The molecule has 2 unspecified atom stereocenters. The van der Waals surface area contributed by atoms with E-state index in [9.17, 15) is 4.79 Å². The minimum Gasteiger partial charge on any atom is -0.366 e. The summed E-state index contributed by atoms with van der Waals surface area (Å²) >= 11 is 6.52. The Morgan fingerprint density at radius 2 is 1.94 bits per heavy atom. The van der Waals surface area contributed by atoms with Crippen molar-refractivity contribution in [2.75, 3.05) is 20.6 Å². The van der Waals surface area contributed by atoms with Crippen LogP contribution in [0, 0.1) is 0 Å². The molecule has 0 aromatic rings. The van der Waals surface area contributed by atoms with Crippen molar-refractivity contribution in [2.45, 2.75) is 10.9 Å². The minimum atomic E-state index is -1.15. The summed E-state index contributed by atoms with van der Waals surface area (Å²) < 4.78 is 0.467. The van der Waals surface area contributed by atoms with Crippen LogP contribution in [0.15, 0.2) is 50.1 Å². The van der Waals surface area contributed by atoms with Gasteiger partial charge >= 0.3 is 0 Å². The molecule has 0 saturated carbocycles. The zero-order valence-electron chi connectivity index (χ0n) is 11.2. The van der Waals surface area contributed by atoms with Crippen LogP contribution >= 0.6 is 11.6 Å². The van der Waals surface area contributed by atoms with E-state index in [1.165, 1.54) is 6.08 Å². The summed E-state index contributed by atoms with van der Waals surface area (Å²) in [6.07, 6.45) is 4.95. The van der Waals surface area contributed by atoms with E-state index >= 15 is 0 Å². The molecule has 4 heteroatoms. The van der Waals surface area contributed by atoms with Gasteiger partial charge in [0, 0.05) is 5.57 Å². The number of alkyl halides is 1. The standard InChI is InChI=1S/C14H21ClN2O/c1-7-10-17(5,6)12(8-2)14(15,9-3)11(4)13(16)18/h7-9,12H,1-4,10H2,5-6H3,(H-,16,18)/p+1. The van der Waals surface area contributed by atoms with Gasteiger partial charge in [-0.15, -0.1) is 18.2 Å². The lowest BCUT2D eigenvalue weighted by molar-refractivity contribution is -0.903. The molecule has 0 heterocycles. The molecule has 3 nitrogen and oxygen atoms in total. The summed E-state index contributed by atoms with van der Waals surface area (Å²) in [6.45, 7) is 15.5. The predicted octanol–water partition coefficient (Wildman–Crippen LogP) is 2.01. The van der Waals surface area contributed by atoms with Gasteiger partial charge in [-0.25, -0.2) is 0 Å². The number of carbonyl (C=O) groups excluding carboxylic acids is 1. The molecule has 0 radical (unpaired) electrons. The molecule has 0 fully saturated rings. The number of quaternary nitrogens is 1. The van der Waals surface area contributed by atoms with Crippen LogP contribution in [-0.2, 0) is 4.79 Å². The molecular weight excluding hydrogens is 248 g/mol. The normalized spacial score (nSPS) is 16.2. The zero-order valence-corrected chi connectivity index (χ0v) is 11.9. The van der Waals surface area contributed by atoms with Crippen molar-refractivity contribution in [3.63, 3.8) is 0 Å². The molecule has 0 aliphatic carbocycles. The molecule has 0 spiro atoms. The van der Waals surface area contributed by atoms with Crippen LogP contribution in [-0.4, -0.2) is 41.9 Å². The number of primary amides is 1. The second-order valence-corrected chi connectivity index (χ2v) is 5.37. The highest BCUT2D eigenvalue weighted by molar-refractivity contribution is 6.31. The van der Waals surface area contributed by atoms with Crippen LogP contribution in [0.1, 0.15) is 0 Å². The number of amides is 1. The van der Waals surface area contributed by atoms with Gasteiger partial charge in [0.15, 0.2) is 0 Å². The van der Waals surface area contributed by atoms with E-state index in [0.29, 0.717) is 11.0 Å². The Balaban J connectivity index is 5.67. The second kappa shape index (κ2) is 6.03. The summed E-state index contributed by atoms with van der Waals surface area (Å²) in [6, 6.07) is -0.297. The first-order valence-corrected chi connectivity index (χ1v) is 5.93. The predicted molar refractivity (Wildman–Crippen MR) is 78.3 cm³/mol. The Hall–Kier alpha value is -1.32. The third-order valence-electron chi connectivity index (χ3n) is 3.06. The fraction of sp³-hybridized carbons (Fsp3) is 0.357. The van der Waals surface area contributed by atoms with Crippen molar-refractivity contribution in [3.8, 4) is 0 Å². The average Bonchev–Trinajstić information content (AvgIpc) is 2.27. The first-order valence-electron chi connectivity index (χ1n) is 5.55. The first kappa shape index (κ1) is 16.7. The van der Waals surface area contributed by atoms with Crippen molar-refractivity contribution < 1.29 is 9.28 Å². The number of halogens is 1. The maximum atomic E-state index is 11.3. The Morgan fingerprint density at radius 1 is 1.44 bits per heavy atom. The molecule has 2 atom stereocenters. The van der Waals surface area contributed by atoms with Gasteiger partial charge in [0.1, 0.15) is 10.9 Å². The molecule has 100 valence electrons. The Bertz CT molecular complexity index is 387. The van der Waals surface area contributed by atoms with Gasteiger partial charge in [-0.05, 0) is 12.2 Å². The van der Waals surface area contributed by atoms with Crippen LogP contribution < -0.4 is 5.73 Å². The molecular formula is C14H22ClN2O+. The van der Waals surface area contributed by atoms with Gasteiger partial charge in [-0.2, -0.15) is 0 Å². The molecule has 0 aromatic carbocycles. The van der Waals surface area contributed by atoms with Gasteiger partial charge in [-0.1, -0.05) is 25.8 Å². The van der Waals surface area contributed by atoms with Gasteiger partial charge in [0.2, 0.25) is 5.91 Å². The van der Waals surface area contributed by atoms with Gasteiger partial charge in [0.05, 0.1) is 20.6 Å². The number of carbonyl (C=O) groups is 1. The van der Waals surface area contributed by atoms with Gasteiger partial charge in [-0.3, -0.25) is 4.79 Å². The Labute approximate surface area is 114 Å². The summed E-state index contributed by atoms with van der Waals surface area (Å²) in [5, 5.41) is 0. The fourth-order valence-electron chi connectivity index (χ4n) is 2.02. The van der Waals surface area contributed by atoms with E-state index in [1.807, 2.05) is 14.1 Å². The fourth-order valence-corrected chi connectivity index (χ4v) is 2.47. The topological polar surface area (TPSA) is 43.1 Å². The molecule has 18 heavy (non-hydrogen) atoms. The second-order valence-electron chi connectivity index (χ2n) is 4.75. The van der Waals surface area contributed by atoms with E-state index in [-0.39, 0.29) is 11.6 Å². The van der Waals surface area contributed by atoms with Crippen LogP contribution in [0.5, 0.6) is 0 Å². The summed E-state index contributed by atoms with van der Waals surface area (Å²) in [7, 11) is 3.92. The van der Waals surface area contributed by atoms with Crippen molar-refractivity contribution >= 4 is 17.5 Å². The molecule has 0 aliphatic rings. The van der Waals surface area contributed by atoms with Crippen LogP contribution in [0.25, 0.3) is 0 Å². The summed E-state index contributed by atoms with van der Waals surface area (Å²) in [4.78, 5) is 10.2. The SMILES string of the molecule is C=CC[N+](C)(C)C(C=C)C(Cl)(C=C)C(=C)C(N)=O. The zero-order chi connectivity index (χ0) is 14.6. The van der Waals surface area contributed by atoms with E-state index in [4.69, 9.17) is 17.3 Å². The van der Waals surface area contributed by atoms with Crippen LogP contribution in [0.2, 0.25) is 0 Å². The van der Waals surface area contributed by atoms with Crippen molar-refractivity contribution in [1.29, 1.82) is 0 Å². The maximum Gasteiger partial charge on any atom is 0.246 e. The van der Waals surface area contributed by atoms with E-state index in [2.05, 4.69) is 26.3 Å². The van der Waals surface area contributed by atoms with Gasteiger partial charge in [0.25, 0.3) is 0 Å². The Kier molecular flexibility index (Phi) is 5.58. The highest BCUT2D eigenvalue weighted by atomic mass is 35.5. The highest BCUT2D eigenvalue weighted by Crippen LogP contribution is 2.35. The number of hydrogen-bond donors (Lipinski definition) is 1. The average molecular weight is 270 g/mol. The van der Waals surface area contributed by atoms with Crippen LogP contribution in [0.3, 0.4) is 0 Å². The lowest BCUT2D eigenvalue weighted by Crippen LogP contribution is -2.58. The summed E-state index contributed by atoms with van der Waals surface area (Å²) in [5.74, 6) is -0.643. The molecule has 0 bridgehead atoms. The number of hydrogen-bond acceptors (Lipinski definition) is 1. The minimum absolute atomic E-state index is 0.110. The van der Waals surface area contributed by atoms with E-state index < -0.39 is 10.8 Å². The molecule has 0 aromatic heterocycles.